The van der Waals surface area contributed by atoms with E-state index in [0.717, 1.165) is 32.1 Å². The Balaban J connectivity index is -0.000000123. The molecular weight excluding hydrogens is 308 g/mol. The highest BCUT2D eigenvalue weighted by Gasteiger charge is 2.15. The number of hydrogen-bond donors (Lipinski definition) is 0. The third-order valence-corrected chi connectivity index (χ3v) is 2.84. The summed E-state index contributed by atoms with van der Waals surface area (Å²) < 4.78 is 0. The molecule has 0 N–H and O–H groups in total. The van der Waals surface area contributed by atoms with Gasteiger partial charge in [-0.2, -0.15) is 0 Å². The van der Waals surface area contributed by atoms with Gasteiger partial charge in [0.15, 0.2) is 0 Å². The fraction of sp³-hybridized carbons (Fsp3) is 0.739. The average molecular weight is 355 g/mol. The van der Waals surface area contributed by atoms with Gasteiger partial charge in [-0.3, -0.25) is 0 Å². The zero-order valence-corrected chi connectivity index (χ0v) is 19.1. The van der Waals surface area contributed by atoms with E-state index in [4.69, 9.17) is 0 Å². The molecule has 2 nitrogen and oxygen atoms in total. The van der Waals surface area contributed by atoms with Gasteiger partial charge in [-0.1, -0.05) is 80.5 Å². The van der Waals surface area contributed by atoms with Crippen LogP contribution in [0.15, 0.2) is 23.8 Å². The molecule has 0 atom stereocenters. The van der Waals surface area contributed by atoms with Crippen LogP contribution in [0.4, 0.5) is 0 Å². The van der Waals surface area contributed by atoms with E-state index in [9.17, 15) is 9.59 Å². The molecule has 2 heteroatoms. The summed E-state index contributed by atoms with van der Waals surface area (Å²) in [7, 11) is 0. The summed E-state index contributed by atoms with van der Waals surface area (Å²) in [6.45, 7) is 22.0. The van der Waals surface area contributed by atoms with Gasteiger partial charge in [-0.25, -0.2) is 0 Å². The molecule has 0 heterocycles. The molecule has 0 saturated carbocycles. The molecule has 0 radical (unpaired) electrons. The molecule has 0 fully saturated rings. The normalized spacial score (nSPS) is 11.1. The molecule has 0 unspecified atom stereocenters. The van der Waals surface area contributed by atoms with Gasteiger partial charge >= 0.3 is 0 Å². The summed E-state index contributed by atoms with van der Waals surface area (Å²) in [5, 5.41) is 0. The second kappa shape index (κ2) is 22.8. The van der Waals surface area contributed by atoms with Gasteiger partial charge < -0.3 is 9.59 Å². The Morgan fingerprint density at radius 3 is 1.32 bits per heavy atom. The summed E-state index contributed by atoms with van der Waals surface area (Å²) in [4.78, 5) is 20.1. The van der Waals surface area contributed by atoms with Crippen molar-refractivity contribution in [3.05, 3.63) is 23.8 Å². The second-order valence-electron chi connectivity index (χ2n) is 6.45. The highest BCUT2D eigenvalue weighted by Crippen LogP contribution is 2.29. The highest BCUT2D eigenvalue weighted by atomic mass is 16.1. The molecule has 0 aliphatic heterocycles. The molecule has 1 rings (SSSR count). The number of carbonyl (C=O) groups excluding carboxylic acids is 2. The molecule has 0 aromatic heterocycles. The van der Waals surface area contributed by atoms with Crippen LogP contribution in [0.3, 0.4) is 0 Å². The van der Waals surface area contributed by atoms with Crippen LogP contribution in [0.1, 0.15) is 108 Å². The maximum Gasteiger partial charge on any atom is 0.129 e. The summed E-state index contributed by atoms with van der Waals surface area (Å²) in [5.74, 6) is 0.579. The first-order chi connectivity index (χ1) is 11.6. The molecule has 0 saturated heterocycles. The molecule has 150 valence electrons. The van der Waals surface area contributed by atoms with E-state index in [0.29, 0.717) is 5.41 Å². The van der Waals surface area contributed by atoms with Gasteiger partial charge in [0.05, 0.1) is 0 Å². The minimum absolute atomic E-state index is 0.289. The van der Waals surface area contributed by atoms with Crippen molar-refractivity contribution in [3.63, 3.8) is 0 Å². The van der Waals surface area contributed by atoms with Gasteiger partial charge in [0.2, 0.25) is 0 Å². The topological polar surface area (TPSA) is 34.1 Å². The molecule has 1 aliphatic carbocycles. The van der Waals surface area contributed by atoms with E-state index >= 15 is 0 Å². The van der Waals surface area contributed by atoms with Crippen LogP contribution >= 0.6 is 0 Å². The Hall–Kier alpha value is -1.18. The Labute approximate surface area is 159 Å². The van der Waals surface area contributed by atoms with Gasteiger partial charge in [0.25, 0.3) is 0 Å². The van der Waals surface area contributed by atoms with Crippen molar-refractivity contribution < 1.29 is 9.59 Å². The lowest BCUT2D eigenvalue weighted by Gasteiger charge is -2.18. The van der Waals surface area contributed by atoms with E-state index in [-0.39, 0.29) is 11.6 Å². The molecule has 0 amide bonds. The third kappa shape index (κ3) is 31.2. The molecule has 0 bridgehead atoms. The number of Topliss-reactive ketones (excluding diaryl/α,β-unsaturated/α-hetero) is 2. The number of rotatable bonds is 4. The van der Waals surface area contributed by atoms with Gasteiger partial charge in [-0.15, -0.1) is 0 Å². The van der Waals surface area contributed by atoms with E-state index in [1.807, 2.05) is 41.5 Å². The van der Waals surface area contributed by atoms with E-state index in [1.54, 1.807) is 13.8 Å². The first kappa shape index (κ1) is 31.6. The second-order valence-corrected chi connectivity index (χ2v) is 6.45. The molecule has 0 aromatic carbocycles. The zero-order valence-electron chi connectivity index (χ0n) is 19.1. The maximum absolute atomic E-state index is 10.0. The zero-order chi connectivity index (χ0) is 20.9. The Kier molecular flexibility index (Phi) is 28.8. The van der Waals surface area contributed by atoms with Crippen molar-refractivity contribution in [3.8, 4) is 0 Å². The van der Waals surface area contributed by atoms with Crippen molar-refractivity contribution in [2.24, 2.45) is 5.41 Å². The summed E-state index contributed by atoms with van der Waals surface area (Å²) >= 11 is 0. The van der Waals surface area contributed by atoms with Crippen LogP contribution < -0.4 is 0 Å². The number of hydrogen-bond acceptors (Lipinski definition) is 2. The molecule has 0 spiro atoms. The van der Waals surface area contributed by atoms with Crippen LogP contribution in [0, 0.1) is 5.41 Å². The monoisotopic (exact) mass is 354 g/mol. The third-order valence-electron chi connectivity index (χ3n) is 2.84. The fourth-order valence-corrected chi connectivity index (χ4v) is 1.72. The Morgan fingerprint density at radius 1 is 0.880 bits per heavy atom. The Morgan fingerprint density at radius 2 is 1.24 bits per heavy atom. The number of carbonyl (C=O) groups is 2. The summed E-state index contributed by atoms with van der Waals surface area (Å²) in [6.07, 6.45) is 11.3. The highest BCUT2D eigenvalue weighted by molar-refractivity contribution is 5.75. The standard InChI is InChI=1S/C9H14.2C5H10O.2C2H6/c1-9(2,3)8-6-4-5-7-8;2*1-3-4-5(2)6;2*1-2/h4,6-7H,5H2,1-3H3;2*3-4H2,1-2H3;2*1-2H3. The fourth-order valence-electron chi connectivity index (χ4n) is 1.72. The summed E-state index contributed by atoms with van der Waals surface area (Å²) in [6, 6.07) is 0. The molecular formula is C23H46O2. The van der Waals surface area contributed by atoms with Crippen molar-refractivity contribution >= 4 is 11.6 Å². The average Bonchev–Trinajstić information content (AvgIpc) is 3.07. The smallest absolute Gasteiger partial charge is 0.129 e. The minimum atomic E-state index is 0.289. The SMILES string of the molecule is CC.CC.CC(C)(C)C1=CCC=C1.CCCC(C)=O.CCCC(C)=O. The molecule has 0 aromatic rings. The lowest BCUT2D eigenvalue weighted by Crippen LogP contribution is -2.05. The van der Waals surface area contributed by atoms with Crippen molar-refractivity contribution in [2.75, 3.05) is 0 Å². The van der Waals surface area contributed by atoms with Gasteiger partial charge in [0, 0.05) is 12.8 Å². The molecule has 1 aliphatic rings. The Bertz CT molecular complexity index is 339. The molecule has 25 heavy (non-hydrogen) atoms. The van der Waals surface area contributed by atoms with Crippen LogP contribution in [-0.2, 0) is 9.59 Å². The van der Waals surface area contributed by atoms with E-state index in [1.165, 1.54) is 5.57 Å². The van der Waals surface area contributed by atoms with Crippen LogP contribution in [-0.4, -0.2) is 11.6 Å². The maximum atomic E-state index is 10.0. The first-order valence-corrected chi connectivity index (χ1v) is 10.0. The van der Waals surface area contributed by atoms with Crippen molar-refractivity contribution in [1.82, 2.24) is 0 Å². The van der Waals surface area contributed by atoms with E-state index in [2.05, 4.69) is 39.0 Å². The van der Waals surface area contributed by atoms with Crippen LogP contribution in [0.2, 0.25) is 0 Å². The predicted octanol–water partition coefficient (Wildman–Crippen LogP) is 7.72. The predicted molar refractivity (Wildman–Crippen MR) is 115 cm³/mol. The number of ketones is 2. The van der Waals surface area contributed by atoms with Crippen LogP contribution in [0.5, 0.6) is 0 Å². The van der Waals surface area contributed by atoms with Crippen LogP contribution in [0.25, 0.3) is 0 Å². The lowest BCUT2D eigenvalue weighted by atomic mass is 9.87. The quantitative estimate of drug-likeness (QED) is 0.517. The number of allylic oxidation sites excluding steroid dienone is 4. The lowest BCUT2D eigenvalue weighted by molar-refractivity contribution is -0.117. The van der Waals surface area contributed by atoms with Gasteiger partial charge in [-0.05, 0) is 44.1 Å². The summed E-state index contributed by atoms with van der Waals surface area (Å²) in [5.41, 5.74) is 1.83. The first-order valence-electron chi connectivity index (χ1n) is 10.0. The van der Waals surface area contributed by atoms with E-state index < -0.39 is 0 Å². The largest absolute Gasteiger partial charge is 0.300 e. The van der Waals surface area contributed by atoms with Crippen molar-refractivity contribution in [2.45, 2.75) is 108 Å². The minimum Gasteiger partial charge on any atom is -0.300 e. The van der Waals surface area contributed by atoms with Gasteiger partial charge in [0.1, 0.15) is 11.6 Å². The van der Waals surface area contributed by atoms with Crippen molar-refractivity contribution in [1.29, 1.82) is 0 Å².